The highest BCUT2D eigenvalue weighted by Gasteiger charge is 2.06. The van der Waals surface area contributed by atoms with Gasteiger partial charge < -0.3 is 0 Å². The van der Waals surface area contributed by atoms with Gasteiger partial charge in [0.05, 0.1) is 5.69 Å². The van der Waals surface area contributed by atoms with E-state index in [1.165, 1.54) is 16.9 Å². The topological polar surface area (TPSA) is 23.5 Å². The van der Waals surface area contributed by atoms with Crippen LogP contribution >= 0.6 is 0 Å². The minimum absolute atomic E-state index is 0.696. The van der Waals surface area contributed by atoms with E-state index in [4.69, 9.17) is 0 Å². The molecule has 2 aromatic rings. The molecule has 90 valence electrons. The monoisotopic (exact) mass is 229 g/mol. The molecule has 0 radical (unpaired) electrons. The van der Waals surface area contributed by atoms with Crippen LogP contribution in [0.2, 0.25) is 0 Å². The van der Waals surface area contributed by atoms with E-state index in [0.717, 1.165) is 23.9 Å². The van der Waals surface area contributed by atoms with E-state index < -0.39 is 0 Å². The molecule has 0 bridgehead atoms. The number of fused-ring (bicyclic) bond motifs is 1. The van der Waals surface area contributed by atoms with Crippen LogP contribution in [0.4, 0.5) is 5.69 Å². The lowest BCUT2D eigenvalue weighted by atomic mass is 10.1. The molecule has 0 amide bonds. The van der Waals surface area contributed by atoms with Gasteiger partial charge in [-0.3, -0.25) is 10.3 Å². The maximum absolute atomic E-state index is 10.1. The second-order valence-corrected chi connectivity index (χ2v) is 4.33. The molecule has 0 atom stereocenters. The summed E-state index contributed by atoms with van der Waals surface area (Å²) in [6, 6.07) is 14.2. The molecule has 17 heavy (non-hydrogen) atoms. The molecule has 0 saturated heterocycles. The fraction of sp³-hybridized carbons (Fsp3) is 0.333. The summed E-state index contributed by atoms with van der Waals surface area (Å²) < 4.78 is 0. The molecule has 0 spiro atoms. The molecule has 0 heterocycles. The van der Waals surface area contributed by atoms with E-state index in [1.54, 1.807) is 0 Å². The Morgan fingerprint density at radius 1 is 1.00 bits per heavy atom. The van der Waals surface area contributed by atoms with Gasteiger partial charge in [0.25, 0.3) is 0 Å². The Hall–Kier alpha value is -1.54. The first-order chi connectivity index (χ1) is 8.33. The Bertz CT molecular complexity index is 476. The highest BCUT2D eigenvalue weighted by atomic mass is 16.5. The number of nitrogens with zero attached hydrogens (tertiary/aromatic N) is 1. The zero-order chi connectivity index (χ0) is 12.1. The zero-order valence-electron chi connectivity index (χ0n) is 10.3. The lowest BCUT2D eigenvalue weighted by molar-refractivity contribution is 0.252. The highest BCUT2D eigenvalue weighted by molar-refractivity contribution is 5.93. The van der Waals surface area contributed by atoms with Gasteiger partial charge in [0.1, 0.15) is 0 Å². The van der Waals surface area contributed by atoms with Crippen LogP contribution in [0.25, 0.3) is 10.8 Å². The lowest BCUT2D eigenvalue weighted by Crippen LogP contribution is -2.19. The van der Waals surface area contributed by atoms with E-state index in [2.05, 4.69) is 19.1 Å². The van der Waals surface area contributed by atoms with Crippen molar-refractivity contribution in [2.75, 3.05) is 11.6 Å². The van der Waals surface area contributed by atoms with Crippen LogP contribution in [0.5, 0.6) is 0 Å². The Labute approximate surface area is 102 Å². The van der Waals surface area contributed by atoms with Crippen molar-refractivity contribution < 1.29 is 5.21 Å². The summed E-state index contributed by atoms with van der Waals surface area (Å²) in [4.78, 5) is 0. The first kappa shape index (κ1) is 11.9. The fourth-order valence-electron chi connectivity index (χ4n) is 2.07. The third kappa shape index (κ3) is 2.77. The van der Waals surface area contributed by atoms with Crippen LogP contribution < -0.4 is 5.06 Å². The van der Waals surface area contributed by atoms with Gasteiger partial charge in [-0.25, -0.2) is 0 Å². The van der Waals surface area contributed by atoms with E-state index in [0.29, 0.717) is 6.54 Å². The van der Waals surface area contributed by atoms with Crippen LogP contribution in [0.1, 0.15) is 26.2 Å². The average Bonchev–Trinajstić information content (AvgIpc) is 2.38. The van der Waals surface area contributed by atoms with Crippen molar-refractivity contribution >= 4 is 16.5 Å². The molecule has 2 aromatic carbocycles. The maximum Gasteiger partial charge on any atom is 0.0712 e. The van der Waals surface area contributed by atoms with Crippen molar-refractivity contribution in [2.45, 2.75) is 26.2 Å². The predicted molar refractivity (Wildman–Crippen MR) is 72.6 cm³/mol. The molecule has 0 unspecified atom stereocenters. The first-order valence-electron chi connectivity index (χ1n) is 6.27. The predicted octanol–water partition coefficient (Wildman–Crippen LogP) is 4.23. The molecule has 2 nitrogen and oxygen atoms in total. The summed E-state index contributed by atoms with van der Waals surface area (Å²) in [5, 5.41) is 13.7. The van der Waals surface area contributed by atoms with Crippen molar-refractivity contribution in [3.05, 3.63) is 42.5 Å². The number of unbranched alkanes of at least 4 members (excludes halogenated alkanes) is 2. The second kappa shape index (κ2) is 5.69. The van der Waals surface area contributed by atoms with E-state index in [-0.39, 0.29) is 0 Å². The van der Waals surface area contributed by atoms with E-state index >= 15 is 0 Å². The average molecular weight is 229 g/mol. The summed E-state index contributed by atoms with van der Waals surface area (Å²) >= 11 is 0. The Balaban J connectivity index is 2.22. The van der Waals surface area contributed by atoms with Crippen molar-refractivity contribution in [1.82, 2.24) is 0 Å². The lowest BCUT2D eigenvalue weighted by Gasteiger charge is -2.18. The van der Waals surface area contributed by atoms with Crippen molar-refractivity contribution in [3.63, 3.8) is 0 Å². The summed E-state index contributed by atoms with van der Waals surface area (Å²) in [5.74, 6) is 0. The summed E-state index contributed by atoms with van der Waals surface area (Å²) in [6.07, 6.45) is 3.35. The number of hydrogen-bond donors (Lipinski definition) is 1. The van der Waals surface area contributed by atoms with E-state index in [1.807, 2.05) is 30.3 Å². The molecule has 2 heteroatoms. The number of hydrogen-bond acceptors (Lipinski definition) is 2. The standard InChI is InChI=1S/C15H19NO/c1-2-3-6-12-16(17)15-11-7-9-13-8-4-5-10-14(13)15/h4-5,7-11,17H,2-3,6,12H2,1H3. The van der Waals surface area contributed by atoms with Gasteiger partial charge in [-0.2, -0.15) is 0 Å². The largest absolute Gasteiger partial charge is 0.288 e. The number of rotatable bonds is 5. The molecule has 0 aliphatic heterocycles. The quantitative estimate of drug-likeness (QED) is 0.612. The first-order valence-corrected chi connectivity index (χ1v) is 6.27. The van der Waals surface area contributed by atoms with Crippen LogP contribution in [0, 0.1) is 0 Å². The smallest absolute Gasteiger partial charge is 0.0712 e. The van der Waals surface area contributed by atoms with Crippen LogP contribution in [0.3, 0.4) is 0 Å². The van der Waals surface area contributed by atoms with Gasteiger partial charge in [0, 0.05) is 11.9 Å². The highest BCUT2D eigenvalue weighted by Crippen LogP contribution is 2.25. The minimum Gasteiger partial charge on any atom is -0.288 e. The normalized spacial score (nSPS) is 10.7. The third-order valence-electron chi connectivity index (χ3n) is 3.02. The molecule has 1 N–H and O–H groups in total. The molecule has 0 aliphatic carbocycles. The molecular weight excluding hydrogens is 210 g/mol. The number of benzene rings is 2. The fourth-order valence-corrected chi connectivity index (χ4v) is 2.07. The molecule has 0 aliphatic rings. The van der Waals surface area contributed by atoms with Crippen molar-refractivity contribution in [2.24, 2.45) is 0 Å². The van der Waals surface area contributed by atoms with E-state index in [9.17, 15) is 5.21 Å². The molecular formula is C15H19NO. The van der Waals surface area contributed by atoms with Gasteiger partial charge in [-0.15, -0.1) is 0 Å². The summed E-state index contributed by atoms with van der Waals surface area (Å²) in [7, 11) is 0. The van der Waals surface area contributed by atoms with Gasteiger partial charge in [0.2, 0.25) is 0 Å². The van der Waals surface area contributed by atoms with Crippen LogP contribution in [0.15, 0.2) is 42.5 Å². The number of hydroxylamine groups is 1. The molecule has 0 aromatic heterocycles. The van der Waals surface area contributed by atoms with Gasteiger partial charge in [0.15, 0.2) is 0 Å². The van der Waals surface area contributed by atoms with Gasteiger partial charge >= 0.3 is 0 Å². The summed E-state index contributed by atoms with van der Waals surface area (Å²) in [5.41, 5.74) is 0.902. The van der Waals surface area contributed by atoms with Crippen molar-refractivity contribution in [1.29, 1.82) is 0 Å². The molecule has 2 rings (SSSR count). The van der Waals surface area contributed by atoms with Gasteiger partial charge in [-0.1, -0.05) is 56.2 Å². The third-order valence-corrected chi connectivity index (χ3v) is 3.02. The van der Waals surface area contributed by atoms with Gasteiger partial charge in [-0.05, 0) is 17.9 Å². The Morgan fingerprint density at radius 3 is 2.59 bits per heavy atom. The molecule has 0 fully saturated rings. The molecule has 0 saturated carbocycles. The summed E-state index contributed by atoms with van der Waals surface area (Å²) in [6.45, 7) is 2.86. The minimum atomic E-state index is 0.696. The second-order valence-electron chi connectivity index (χ2n) is 4.33. The van der Waals surface area contributed by atoms with Crippen LogP contribution in [-0.2, 0) is 0 Å². The Morgan fingerprint density at radius 2 is 1.76 bits per heavy atom. The maximum atomic E-state index is 10.1. The Kier molecular flexibility index (Phi) is 3.99. The zero-order valence-corrected chi connectivity index (χ0v) is 10.3. The van der Waals surface area contributed by atoms with Crippen LogP contribution in [-0.4, -0.2) is 11.8 Å². The SMILES string of the molecule is CCCCCN(O)c1cccc2ccccc12. The number of anilines is 1. The van der Waals surface area contributed by atoms with Crippen molar-refractivity contribution in [3.8, 4) is 0 Å².